The number of aryl methyl sites for hydroxylation is 1. The van der Waals surface area contributed by atoms with Gasteiger partial charge in [-0.15, -0.1) is 0 Å². The van der Waals surface area contributed by atoms with Crippen LogP contribution in [0.5, 0.6) is 0 Å². The second kappa shape index (κ2) is 8.70. The summed E-state index contributed by atoms with van der Waals surface area (Å²) < 4.78 is 0. The van der Waals surface area contributed by atoms with E-state index < -0.39 is 11.9 Å². The molecule has 7 heteroatoms. The van der Waals surface area contributed by atoms with Gasteiger partial charge in [-0.05, 0) is 55.5 Å². The Labute approximate surface area is 193 Å². The summed E-state index contributed by atoms with van der Waals surface area (Å²) in [5.41, 5.74) is 4.76. The summed E-state index contributed by atoms with van der Waals surface area (Å²) in [6, 6.07) is 7.06. The van der Waals surface area contributed by atoms with Gasteiger partial charge in [0, 0.05) is 61.2 Å². The number of anilines is 1. The smallest absolute Gasteiger partial charge is 0.255 e. The number of carbonyl (C=O) groups excluding carboxylic acids is 3. The fraction of sp³-hybridized carbons (Fsp3) is 0.385. The Hall–Kier alpha value is -3.66. The SMILES string of the molecule is Cc1cnccc1N1CCC(C#Cc2cccc3c2CN(C2CCC(=O)NC2=O)C3=O)CC1. The van der Waals surface area contributed by atoms with Crippen molar-refractivity contribution in [2.45, 2.75) is 45.2 Å². The molecule has 0 spiro atoms. The molecule has 0 saturated carbocycles. The molecule has 4 heterocycles. The maximum atomic E-state index is 13.0. The second-order valence-corrected chi connectivity index (χ2v) is 8.92. The van der Waals surface area contributed by atoms with E-state index in [2.05, 4.69) is 40.0 Å². The molecule has 33 heavy (non-hydrogen) atoms. The van der Waals surface area contributed by atoms with Gasteiger partial charge in [-0.3, -0.25) is 24.7 Å². The van der Waals surface area contributed by atoms with E-state index in [9.17, 15) is 14.4 Å². The summed E-state index contributed by atoms with van der Waals surface area (Å²) in [4.78, 5) is 44.9. The molecule has 1 aromatic heterocycles. The van der Waals surface area contributed by atoms with Crippen LogP contribution in [0.2, 0.25) is 0 Å². The fourth-order valence-corrected chi connectivity index (χ4v) is 4.97. The molecule has 2 aromatic rings. The van der Waals surface area contributed by atoms with Crippen LogP contribution in [-0.4, -0.2) is 46.7 Å². The van der Waals surface area contributed by atoms with Gasteiger partial charge in [0.15, 0.2) is 0 Å². The number of hydrogen-bond acceptors (Lipinski definition) is 5. The Morgan fingerprint density at radius 2 is 1.91 bits per heavy atom. The van der Waals surface area contributed by atoms with Crippen LogP contribution >= 0.6 is 0 Å². The lowest BCUT2D eigenvalue weighted by Gasteiger charge is -2.32. The average molecular weight is 443 g/mol. The molecule has 2 saturated heterocycles. The third kappa shape index (κ3) is 4.09. The first-order valence-corrected chi connectivity index (χ1v) is 11.4. The molecule has 3 aliphatic rings. The highest BCUT2D eigenvalue weighted by Crippen LogP contribution is 2.30. The van der Waals surface area contributed by atoms with Crippen LogP contribution in [-0.2, 0) is 16.1 Å². The van der Waals surface area contributed by atoms with Crippen molar-refractivity contribution in [2.75, 3.05) is 18.0 Å². The van der Waals surface area contributed by atoms with Crippen LogP contribution in [0, 0.1) is 24.7 Å². The van der Waals surface area contributed by atoms with E-state index in [4.69, 9.17) is 0 Å². The number of aromatic nitrogens is 1. The zero-order valence-corrected chi connectivity index (χ0v) is 18.6. The van der Waals surface area contributed by atoms with E-state index in [1.165, 1.54) is 11.3 Å². The van der Waals surface area contributed by atoms with Gasteiger partial charge in [-0.2, -0.15) is 0 Å². The van der Waals surface area contributed by atoms with Crippen LogP contribution < -0.4 is 10.2 Å². The number of benzene rings is 1. The van der Waals surface area contributed by atoms with Gasteiger partial charge in [-0.1, -0.05) is 17.9 Å². The minimum absolute atomic E-state index is 0.163. The Morgan fingerprint density at radius 3 is 2.67 bits per heavy atom. The minimum Gasteiger partial charge on any atom is -0.371 e. The molecule has 0 radical (unpaired) electrons. The quantitative estimate of drug-likeness (QED) is 0.571. The molecule has 1 atom stereocenters. The Balaban J connectivity index is 1.28. The average Bonchev–Trinajstić information content (AvgIpc) is 3.15. The minimum atomic E-state index is -0.607. The highest BCUT2D eigenvalue weighted by molar-refractivity contribution is 6.05. The van der Waals surface area contributed by atoms with Crippen molar-refractivity contribution in [2.24, 2.45) is 5.92 Å². The summed E-state index contributed by atoms with van der Waals surface area (Å²) in [6.07, 6.45) is 6.33. The van der Waals surface area contributed by atoms with Crippen molar-refractivity contribution in [3.63, 3.8) is 0 Å². The number of nitrogens with one attached hydrogen (secondary N) is 1. The van der Waals surface area contributed by atoms with Crippen molar-refractivity contribution in [3.05, 3.63) is 58.9 Å². The van der Waals surface area contributed by atoms with Crippen molar-refractivity contribution in [1.82, 2.24) is 15.2 Å². The monoisotopic (exact) mass is 442 g/mol. The number of imide groups is 1. The predicted octanol–water partition coefficient (Wildman–Crippen LogP) is 2.42. The molecule has 5 rings (SSSR count). The van der Waals surface area contributed by atoms with Crippen LogP contribution in [0.25, 0.3) is 0 Å². The topological polar surface area (TPSA) is 82.6 Å². The highest BCUT2D eigenvalue weighted by Gasteiger charge is 2.39. The molecule has 3 amide bonds. The molecule has 1 unspecified atom stereocenters. The summed E-state index contributed by atoms with van der Waals surface area (Å²) in [6.45, 7) is 4.35. The number of fused-ring (bicyclic) bond motifs is 1. The largest absolute Gasteiger partial charge is 0.371 e. The first-order valence-electron chi connectivity index (χ1n) is 11.4. The van der Waals surface area contributed by atoms with Crippen molar-refractivity contribution >= 4 is 23.4 Å². The van der Waals surface area contributed by atoms with E-state index in [1.807, 2.05) is 24.5 Å². The van der Waals surface area contributed by atoms with Gasteiger partial charge in [-0.25, -0.2) is 0 Å². The van der Waals surface area contributed by atoms with Gasteiger partial charge >= 0.3 is 0 Å². The number of amides is 3. The molecule has 2 fully saturated rings. The van der Waals surface area contributed by atoms with E-state index >= 15 is 0 Å². The fourth-order valence-electron chi connectivity index (χ4n) is 4.97. The third-order valence-corrected chi connectivity index (χ3v) is 6.82. The van der Waals surface area contributed by atoms with Crippen molar-refractivity contribution < 1.29 is 14.4 Å². The molecule has 168 valence electrons. The molecule has 3 aliphatic heterocycles. The number of pyridine rings is 1. The van der Waals surface area contributed by atoms with E-state index in [-0.39, 0.29) is 18.2 Å². The summed E-state index contributed by atoms with van der Waals surface area (Å²) in [7, 11) is 0. The lowest BCUT2D eigenvalue weighted by molar-refractivity contribution is -0.136. The molecule has 7 nitrogen and oxygen atoms in total. The van der Waals surface area contributed by atoms with Crippen LogP contribution in [0.3, 0.4) is 0 Å². The van der Waals surface area contributed by atoms with Crippen LogP contribution in [0.4, 0.5) is 5.69 Å². The first kappa shape index (κ1) is 21.2. The van der Waals surface area contributed by atoms with Crippen LogP contribution in [0.15, 0.2) is 36.7 Å². The number of piperidine rings is 2. The number of hydrogen-bond donors (Lipinski definition) is 1. The van der Waals surface area contributed by atoms with Gasteiger partial charge < -0.3 is 9.80 Å². The Kier molecular flexibility index (Phi) is 5.59. The number of nitrogens with zero attached hydrogens (tertiary/aromatic N) is 3. The Morgan fingerprint density at radius 1 is 1.09 bits per heavy atom. The highest BCUT2D eigenvalue weighted by atomic mass is 16.2. The maximum Gasteiger partial charge on any atom is 0.255 e. The summed E-state index contributed by atoms with van der Waals surface area (Å²) >= 11 is 0. The first-order chi connectivity index (χ1) is 16.0. The third-order valence-electron chi connectivity index (χ3n) is 6.82. The van der Waals surface area contributed by atoms with Crippen molar-refractivity contribution in [1.29, 1.82) is 0 Å². The van der Waals surface area contributed by atoms with E-state index in [1.54, 1.807) is 11.0 Å². The van der Waals surface area contributed by atoms with Gasteiger partial charge in [0.05, 0.1) is 0 Å². The van der Waals surface area contributed by atoms with Crippen molar-refractivity contribution in [3.8, 4) is 11.8 Å². The normalized spacial score (nSPS) is 20.9. The summed E-state index contributed by atoms with van der Waals surface area (Å²) in [5.74, 6) is 6.24. The molecular formula is C26H26N4O3. The molecule has 1 N–H and O–H groups in total. The second-order valence-electron chi connectivity index (χ2n) is 8.92. The lowest BCUT2D eigenvalue weighted by Crippen LogP contribution is -2.52. The number of carbonyl (C=O) groups is 3. The maximum absolute atomic E-state index is 13.0. The zero-order chi connectivity index (χ0) is 22.9. The van der Waals surface area contributed by atoms with Gasteiger partial charge in [0.1, 0.15) is 6.04 Å². The lowest BCUT2D eigenvalue weighted by atomic mass is 9.95. The molecule has 1 aromatic carbocycles. The number of rotatable bonds is 2. The van der Waals surface area contributed by atoms with E-state index in [0.29, 0.717) is 24.4 Å². The molecular weight excluding hydrogens is 416 g/mol. The molecule has 0 aliphatic carbocycles. The van der Waals surface area contributed by atoms with E-state index in [0.717, 1.165) is 37.1 Å². The summed E-state index contributed by atoms with van der Waals surface area (Å²) in [5, 5.41) is 2.35. The predicted molar refractivity (Wildman–Crippen MR) is 123 cm³/mol. The van der Waals surface area contributed by atoms with Gasteiger partial charge in [0.2, 0.25) is 11.8 Å². The van der Waals surface area contributed by atoms with Gasteiger partial charge in [0.25, 0.3) is 5.91 Å². The standard InChI is InChI=1S/C26H26N4O3/c1-17-15-27-12-9-22(17)29-13-10-18(11-14-29)5-6-19-3-2-4-20-21(19)16-30(26(20)33)23-7-8-24(31)28-25(23)32/h2-4,9,12,15,18,23H,7-8,10-11,13-14,16H2,1H3,(H,28,31,32). The molecule has 0 bridgehead atoms. The van der Waals surface area contributed by atoms with Crippen LogP contribution in [0.1, 0.15) is 52.7 Å². The zero-order valence-electron chi connectivity index (χ0n) is 18.6. The Bertz CT molecular complexity index is 1190.